The number of hydrogen-bond donors (Lipinski definition) is 0. The second-order valence-corrected chi connectivity index (χ2v) is 4.78. The first-order chi connectivity index (χ1) is 8.09. The molecule has 0 aliphatic carbocycles. The van der Waals surface area contributed by atoms with Gasteiger partial charge in [-0.3, -0.25) is 19.3 Å². The Hall–Kier alpha value is -1.49. The van der Waals surface area contributed by atoms with Crippen LogP contribution >= 0.6 is 0 Å². The zero-order valence-electron chi connectivity index (χ0n) is 9.46. The van der Waals surface area contributed by atoms with Crippen LogP contribution in [-0.4, -0.2) is 41.3 Å². The highest BCUT2D eigenvalue weighted by Crippen LogP contribution is 2.44. The van der Waals surface area contributed by atoms with E-state index in [4.69, 9.17) is 4.74 Å². The smallest absolute Gasteiger partial charge is 0.236 e. The van der Waals surface area contributed by atoms with Gasteiger partial charge < -0.3 is 4.74 Å². The molecule has 2 amide bonds. The Morgan fingerprint density at radius 3 is 2.24 bits per heavy atom. The third-order valence-corrected chi connectivity index (χ3v) is 3.69. The predicted molar refractivity (Wildman–Crippen MR) is 56.8 cm³/mol. The normalized spacial score (nSPS) is 38.1. The number of Topliss-reactive ketones (excluding diaryl/α,β-unsaturated/α-hetero) is 1. The number of ketones is 1. The van der Waals surface area contributed by atoms with Crippen LogP contribution in [0.4, 0.5) is 0 Å². The summed E-state index contributed by atoms with van der Waals surface area (Å²) in [4.78, 5) is 36.3. The summed E-state index contributed by atoms with van der Waals surface area (Å²) in [6.07, 6.45) is 3.45. The number of ether oxygens (including phenoxy) is 1. The zero-order chi connectivity index (χ0) is 12.2. The topological polar surface area (TPSA) is 63.7 Å². The van der Waals surface area contributed by atoms with Gasteiger partial charge in [0, 0.05) is 13.0 Å². The lowest BCUT2D eigenvalue weighted by atomic mass is 9.85. The highest BCUT2D eigenvalue weighted by Gasteiger charge is 2.60. The molecule has 2 fully saturated rings. The van der Waals surface area contributed by atoms with Crippen LogP contribution in [-0.2, 0) is 19.1 Å². The maximum atomic E-state index is 12.1. The summed E-state index contributed by atoms with van der Waals surface area (Å²) in [5, 5.41) is 0. The molecule has 0 radical (unpaired) electrons. The van der Waals surface area contributed by atoms with Gasteiger partial charge in [0.1, 0.15) is 5.78 Å². The van der Waals surface area contributed by atoms with Crippen LogP contribution in [0.1, 0.15) is 13.3 Å². The van der Waals surface area contributed by atoms with Gasteiger partial charge in [0.25, 0.3) is 0 Å². The largest absolute Gasteiger partial charge is 0.365 e. The van der Waals surface area contributed by atoms with Gasteiger partial charge in [-0.15, -0.1) is 0 Å². The molecule has 0 N–H and O–H groups in total. The second kappa shape index (κ2) is 3.50. The lowest BCUT2D eigenvalue weighted by molar-refractivity contribution is -0.142. The highest BCUT2D eigenvalue weighted by molar-refractivity contribution is 6.06. The highest BCUT2D eigenvalue weighted by atomic mass is 16.5. The van der Waals surface area contributed by atoms with Gasteiger partial charge in [-0.2, -0.15) is 0 Å². The number of imide groups is 1. The average molecular weight is 235 g/mol. The maximum Gasteiger partial charge on any atom is 0.236 e. The first-order valence-corrected chi connectivity index (χ1v) is 5.78. The lowest BCUT2D eigenvalue weighted by Crippen LogP contribution is -2.35. The molecule has 4 atom stereocenters. The second-order valence-electron chi connectivity index (χ2n) is 4.78. The summed E-state index contributed by atoms with van der Waals surface area (Å²) in [7, 11) is 0. The molecule has 3 aliphatic heterocycles. The van der Waals surface area contributed by atoms with Crippen LogP contribution in [0.15, 0.2) is 12.2 Å². The monoisotopic (exact) mass is 235 g/mol. The summed E-state index contributed by atoms with van der Waals surface area (Å²) in [5.41, 5.74) is 0. The van der Waals surface area contributed by atoms with Gasteiger partial charge in [-0.1, -0.05) is 12.2 Å². The van der Waals surface area contributed by atoms with Crippen molar-refractivity contribution in [3.8, 4) is 0 Å². The molecule has 3 aliphatic rings. The van der Waals surface area contributed by atoms with Gasteiger partial charge in [0.2, 0.25) is 11.8 Å². The Balaban J connectivity index is 1.80. The van der Waals surface area contributed by atoms with E-state index in [9.17, 15) is 14.4 Å². The van der Waals surface area contributed by atoms with Gasteiger partial charge in [-0.05, 0) is 6.92 Å². The number of carbonyl (C=O) groups excluding carboxylic acids is 3. The van der Waals surface area contributed by atoms with Crippen molar-refractivity contribution in [2.75, 3.05) is 6.54 Å². The fourth-order valence-corrected chi connectivity index (χ4v) is 2.85. The van der Waals surface area contributed by atoms with Crippen molar-refractivity contribution in [1.29, 1.82) is 0 Å². The molecule has 4 unspecified atom stereocenters. The number of amides is 2. The minimum absolute atomic E-state index is 0.0139. The molecule has 17 heavy (non-hydrogen) atoms. The summed E-state index contributed by atoms with van der Waals surface area (Å²) in [6, 6.07) is 0. The Labute approximate surface area is 98.4 Å². The quantitative estimate of drug-likeness (QED) is 0.506. The van der Waals surface area contributed by atoms with E-state index < -0.39 is 0 Å². The third-order valence-electron chi connectivity index (χ3n) is 3.69. The maximum absolute atomic E-state index is 12.1. The zero-order valence-corrected chi connectivity index (χ0v) is 9.46. The summed E-state index contributed by atoms with van der Waals surface area (Å²) < 4.78 is 5.51. The van der Waals surface area contributed by atoms with Crippen LogP contribution in [0, 0.1) is 11.8 Å². The molecular formula is C12H13NO4. The molecule has 5 heteroatoms. The van der Waals surface area contributed by atoms with Crippen molar-refractivity contribution in [2.24, 2.45) is 11.8 Å². The predicted octanol–water partition coefficient (Wildman–Crippen LogP) is -0.0961. The third kappa shape index (κ3) is 1.38. The van der Waals surface area contributed by atoms with E-state index >= 15 is 0 Å². The van der Waals surface area contributed by atoms with E-state index in [0.29, 0.717) is 0 Å². The van der Waals surface area contributed by atoms with Gasteiger partial charge in [0.05, 0.1) is 24.0 Å². The van der Waals surface area contributed by atoms with Crippen molar-refractivity contribution in [1.82, 2.24) is 4.90 Å². The van der Waals surface area contributed by atoms with Crippen molar-refractivity contribution < 1.29 is 19.1 Å². The minimum Gasteiger partial charge on any atom is -0.365 e. The SMILES string of the molecule is CC(=O)CCN1C(=O)C2C3C=CC(O3)C2C1=O. The number of likely N-dealkylation sites (tertiary alicyclic amines) is 1. The molecule has 2 saturated heterocycles. The van der Waals surface area contributed by atoms with E-state index in [1.165, 1.54) is 11.8 Å². The van der Waals surface area contributed by atoms with Crippen LogP contribution in [0.2, 0.25) is 0 Å². The van der Waals surface area contributed by atoms with Gasteiger partial charge in [0.15, 0.2) is 0 Å². The first-order valence-electron chi connectivity index (χ1n) is 5.78. The van der Waals surface area contributed by atoms with E-state index in [1.54, 1.807) is 0 Å². The molecule has 2 bridgehead atoms. The average Bonchev–Trinajstić information content (AvgIpc) is 2.92. The Bertz CT molecular complexity index is 412. The fraction of sp³-hybridized carbons (Fsp3) is 0.583. The number of carbonyl (C=O) groups is 3. The van der Waals surface area contributed by atoms with E-state index in [2.05, 4.69) is 0 Å². The Kier molecular flexibility index (Phi) is 2.19. The molecule has 0 saturated carbocycles. The van der Waals surface area contributed by atoms with Gasteiger partial charge >= 0.3 is 0 Å². The van der Waals surface area contributed by atoms with Crippen molar-refractivity contribution in [3.63, 3.8) is 0 Å². The standard InChI is InChI=1S/C12H13NO4/c1-6(14)4-5-13-11(15)9-7-2-3-8(17-7)10(9)12(13)16/h2-3,7-10H,4-5H2,1H3. The van der Waals surface area contributed by atoms with Crippen LogP contribution in [0.25, 0.3) is 0 Å². The summed E-state index contributed by atoms with van der Waals surface area (Å²) >= 11 is 0. The van der Waals surface area contributed by atoms with Crippen LogP contribution in [0.3, 0.4) is 0 Å². The molecule has 90 valence electrons. The number of hydrogen-bond acceptors (Lipinski definition) is 4. The van der Waals surface area contributed by atoms with E-state index in [-0.39, 0.29) is 54.6 Å². The minimum atomic E-state index is -0.357. The fourth-order valence-electron chi connectivity index (χ4n) is 2.85. The Morgan fingerprint density at radius 1 is 1.24 bits per heavy atom. The molecule has 0 aromatic rings. The molecule has 0 aromatic carbocycles. The number of fused-ring (bicyclic) bond motifs is 5. The Morgan fingerprint density at radius 2 is 1.76 bits per heavy atom. The first kappa shape index (κ1) is 10.7. The molecule has 0 aromatic heterocycles. The molecule has 3 rings (SSSR count). The summed E-state index contributed by atoms with van der Waals surface area (Å²) in [5.74, 6) is -1.09. The number of nitrogens with zero attached hydrogens (tertiary/aromatic N) is 1. The summed E-state index contributed by atoms with van der Waals surface area (Å²) in [6.45, 7) is 1.67. The van der Waals surface area contributed by atoms with E-state index in [1.807, 2.05) is 12.2 Å². The molecule has 0 spiro atoms. The van der Waals surface area contributed by atoms with E-state index in [0.717, 1.165) is 0 Å². The molecular weight excluding hydrogens is 222 g/mol. The molecule has 3 heterocycles. The lowest BCUT2D eigenvalue weighted by Gasteiger charge is -2.16. The van der Waals surface area contributed by atoms with Crippen molar-refractivity contribution in [2.45, 2.75) is 25.6 Å². The van der Waals surface area contributed by atoms with Crippen molar-refractivity contribution >= 4 is 17.6 Å². The number of rotatable bonds is 3. The van der Waals surface area contributed by atoms with Crippen molar-refractivity contribution in [3.05, 3.63) is 12.2 Å². The van der Waals surface area contributed by atoms with Crippen LogP contribution < -0.4 is 0 Å². The van der Waals surface area contributed by atoms with Gasteiger partial charge in [-0.25, -0.2) is 0 Å². The molecule has 5 nitrogen and oxygen atoms in total. The van der Waals surface area contributed by atoms with Crippen LogP contribution in [0.5, 0.6) is 0 Å².